The van der Waals surface area contributed by atoms with E-state index < -0.39 is 6.10 Å². The lowest BCUT2D eigenvalue weighted by atomic mass is 10.1. The molecule has 0 aliphatic rings. The van der Waals surface area contributed by atoms with Crippen LogP contribution in [0.5, 0.6) is 0 Å². The average molecular weight is 364 g/mol. The number of hydrogen-bond donors (Lipinski definition) is 1. The highest BCUT2D eigenvalue weighted by atomic mass is 79.9. The molecule has 0 radical (unpaired) electrons. The summed E-state index contributed by atoms with van der Waals surface area (Å²) in [6.45, 7) is 0. The standard InChI is InChI=1S/C16H11BrFNOS/c17-11-6-7-12(13(18)8-11)14-9-21-16(19-14)15(20)10-4-2-1-3-5-10/h1-9,15,20H. The third kappa shape index (κ3) is 3.05. The van der Waals surface area contributed by atoms with Gasteiger partial charge in [-0.05, 0) is 23.8 Å². The van der Waals surface area contributed by atoms with Crippen molar-refractivity contribution in [3.63, 3.8) is 0 Å². The lowest BCUT2D eigenvalue weighted by Gasteiger charge is -2.07. The Morgan fingerprint density at radius 3 is 2.62 bits per heavy atom. The molecule has 0 aliphatic carbocycles. The second-order valence-electron chi connectivity index (χ2n) is 4.51. The van der Waals surface area contributed by atoms with Crippen molar-refractivity contribution in [3.8, 4) is 11.3 Å². The zero-order chi connectivity index (χ0) is 14.8. The fourth-order valence-corrected chi connectivity index (χ4v) is 3.17. The molecule has 3 aromatic rings. The van der Waals surface area contributed by atoms with Crippen LogP contribution in [0.4, 0.5) is 4.39 Å². The van der Waals surface area contributed by atoms with Gasteiger partial charge in [0.15, 0.2) is 0 Å². The van der Waals surface area contributed by atoms with E-state index in [1.165, 1.54) is 17.4 Å². The van der Waals surface area contributed by atoms with E-state index in [2.05, 4.69) is 20.9 Å². The molecule has 0 aliphatic heterocycles. The summed E-state index contributed by atoms with van der Waals surface area (Å²) in [5.41, 5.74) is 1.74. The Labute approximate surface area is 134 Å². The summed E-state index contributed by atoms with van der Waals surface area (Å²) >= 11 is 4.55. The van der Waals surface area contributed by atoms with Crippen LogP contribution in [0.3, 0.4) is 0 Å². The third-order valence-electron chi connectivity index (χ3n) is 3.08. The molecule has 0 saturated heterocycles. The predicted molar refractivity (Wildman–Crippen MR) is 85.7 cm³/mol. The highest BCUT2D eigenvalue weighted by Gasteiger charge is 2.16. The van der Waals surface area contributed by atoms with Crippen molar-refractivity contribution >= 4 is 27.3 Å². The van der Waals surface area contributed by atoms with Gasteiger partial charge >= 0.3 is 0 Å². The largest absolute Gasteiger partial charge is 0.381 e. The van der Waals surface area contributed by atoms with Gasteiger partial charge in [0.1, 0.15) is 16.9 Å². The third-order valence-corrected chi connectivity index (χ3v) is 4.47. The summed E-state index contributed by atoms with van der Waals surface area (Å²) in [6, 6.07) is 14.1. The number of aliphatic hydroxyl groups is 1. The highest BCUT2D eigenvalue weighted by Crippen LogP contribution is 2.31. The van der Waals surface area contributed by atoms with Gasteiger partial charge < -0.3 is 5.11 Å². The monoisotopic (exact) mass is 363 g/mol. The minimum Gasteiger partial charge on any atom is -0.381 e. The van der Waals surface area contributed by atoms with Crippen LogP contribution in [0.15, 0.2) is 58.4 Å². The van der Waals surface area contributed by atoms with Gasteiger partial charge in [-0.15, -0.1) is 11.3 Å². The van der Waals surface area contributed by atoms with Gasteiger partial charge in [-0.3, -0.25) is 0 Å². The molecule has 1 N–H and O–H groups in total. The molecular weight excluding hydrogens is 353 g/mol. The number of thiazole rings is 1. The van der Waals surface area contributed by atoms with Crippen LogP contribution in [-0.4, -0.2) is 10.1 Å². The lowest BCUT2D eigenvalue weighted by molar-refractivity contribution is 0.220. The summed E-state index contributed by atoms with van der Waals surface area (Å²) in [5.74, 6) is -0.338. The molecule has 1 aromatic heterocycles. The molecule has 1 heterocycles. The molecule has 0 fully saturated rings. The maximum atomic E-state index is 13.9. The van der Waals surface area contributed by atoms with Crippen LogP contribution in [0.1, 0.15) is 16.7 Å². The van der Waals surface area contributed by atoms with Crippen molar-refractivity contribution in [2.75, 3.05) is 0 Å². The van der Waals surface area contributed by atoms with Gasteiger partial charge in [0.2, 0.25) is 0 Å². The predicted octanol–water partition coefficient (Wildman–Crippen LogP) is 4.79. The molecule has 1 atom stereocenters. The fourth-order valence-electron chi connectivity index (χ4n) is 2.01. The number of rotatable bonds is 3. The smallest absolute Gasteiger partial charge is 0.133 e. The maximum Gasteiger partial charge on any atom is 0.133 e. The summed E-state index contributed by atoms with van der Waals surface area (Å²) in [6.07, 6.45) is -0.788. The van der Waals surface area contributed by atoms with Gasteiger partial charge in [-0.2, -0.15) is 0 Å². The second-order valence-corrected chi connectivity index (χ2v) is 6.31. The molecule has 0 spiro atoms. The molecular formula is C16H11BrFNOS. The van der Waals surface area contributed by atoms with Crippen molar-refractivity contribution in [1.29, 1.82) is 0 Å². The molecule has 1 unspecified atom stereocenters. The maximum absolute atomic E-state index is 13.9. The number of nitrogens with zero attached hydrogens (tertiary/aromatic N) is 1. The van der Waals surface area contributed by atoms with Gasteiger partial charge in [-0.25, -0.2) is 9.37 Å². The number of benzene rings is 2. The Morgan fingerprint density at radius 1 is 1.14 bits per heavy atom. The van der Waals surface area contributed by atoms with E-state index in [-0.39, 0.29) is 5.82 Å². The summed E-state index contributed by atoms with van der Waals surface area (Å²) in [7, 11) is 0. The van der Waals surface area contributed by atoms with Crippen LogP contribution in [0.25, 0.3) is 11.3 Å². The highest BCUT2D eigenvalue weighted by molar-refractivity contribution is 9.10. The van der Waals surface area contributed by atoms with E-state index >= 15 is 0 Å². The van der Waals surface area contributed by atoms with Crippen molar-refractivity contribution in [2.45, 2.75) is 6.10 Å². The van der Waals surface area contributed by atoms with Crippen LogP contribution in [0.2, 0.25) is 0 Å². The van der Waals surface area contributed by atoms with E-state index in [1.54, 1.807) is 17.5 Å². The van der Waals surface area contributed by atoms with Crippen LogP contribution in [0, 0.1) is 5.82 Å². The topological polar surface area (TPSA) is 33.1 Å². The van der Waals surface area contributed by atoms with Gasteiger partial charge in [0.25, 0.3) is 0 Å². The van der Waals surface area contributed by atoms with Crippen molar-refractivity contribution in [3.05, 3.63) is 74.8 Å². The van der Waals surface area contributed by atoms with Gasteiger partial charge in [0.05, 0.1) is 5.69 Å². The molecule has 2 aromatic carbocycles. The molecule has 0 saturated carbocycles. The number of aromatic nitrogens is 1. The summed E-state index contributed by atoms with van der Waals surface area (Å²) in [5, 5.41) is 12.6. The Balaban J connectivity index is 1.93. The molecule has 5 heteroatoms. The second kappa shape index (κ2) is 6.05. The number of hydrogen-bond acceptors (Lipinski definition) is 3. The minimum atomic E-state index is -0.788. The number of aliphatic hydroxyl groups excluding tert-OH is 1. The molecule has 106 valence electrons. The first-order valence-electron chi connectivity index (χ1n) is 6.29. The molecule has 0 amide bonds. The van der Waals surface area contributed by atoms with E-state index in [4.69, 9.17) is 0 Å². The summed E-state index contributed by atoms with van der Waals surface area (Å²) in [4.78, 5) is 4.36. The first-order chi connectivity index (χ1) is 10.1. The van der Waals surface area contributed by atoms with E-state index in [9.17, 15) is 9.50 Å². The average Bonchev–Trinajstić information content (AvgIpc) is 2.97. The number of halogens is 2. The molecule has 21 heavy (non-hydrogen) atoms. The Kier molecular flexibility index (Phi) is 4.14. The van der Waals surface area contributed by atoms with E-state index in [0.29, 0.717) is 20.7 Å². The van der Waals surface area contributed by atoms with Crippen LogP contribution >= 0.6 is 27.3 Å². The first kappa shape index (κ1) is 14.4. The Hall–Kier alpha value is -1.56. The van der Waals surface area contributed by atoms with Gasteiger partial charge in [-0.1, -0.05) is 46.3 Å². The van der Waals surface area contributed by atoms with Gasteiger partial charge in [0, 0.05) is 15.4 Å². The lowest BCUT2D eigenvalue weighted by Crippen LogP contribution is -1.98. The zero-order valence-electron chi connectivity index (χ0n) is 10.8. The molecule has 3 rings (SSSR count). The van der Waals surface area contributed by atoms with Crippen molar-refractivity contribution in [2.24, 2.45) is 0 Å². The molecule has 2 nitrogen and oxygen atoms in total. The van der Waals surface area contributed by atoms with E-state index in [0.717, 1.165) is 5.56 Å². The first-order valence-corrected chi connectivity index (χ1v) is 7.96. The van der Waals surface area contributed by atoms with E-state index in [1.807, 2.05) is 30.3 Å². The van der Waals surface area contributed by atoms with Crippen molar-refractivity contribution < 1.29 is 9.50 Å². The zero-order valence-corrected chi connectivity index (χ0v) is 13.2. The fraction of sp³-hybridized carbons (Fsp3) is 0.0625. The van der Waals surface area contributed by atoms with Crippen LogP contribution in [-0.2, 0) is 0 Å². The molecule has 0 bridgehead atoms. The van der Waals surface area contributed by atoms with Crippen LogP contribution < -0.4 is 0 Å². The Morgan fingerprint density at radius 2 is 1.90 bits per heavy atom. The minimum absolute atomic E-state index is 0.338. The van der Waals surface area contributed by atoms with Crippen molar-refractivity contribution in [1.82, 2.24) is 4.98 Å². The normalized spacial score (nSPS) is 12.3. The SMILES string of the molecule is OC(c1ccccc1)c1nc(-c2ccc(Br)cc2F)cs1. The summed E-state index contributed by atoms with van der Waals surface area (Å²) < 4.78 is 14.6. The quantitative estimate of drug-likeness (QED) is 0.725. The Bertz CT molecular complexity index is 760.